The lowest BCUT2D eigenvalue weighted by Gasteiger charge is -2.23. The van der Waals surface area contributed by atoms with Gasteiger partial charge in [-0.2, -0.15) is 18.3 Å². The van der Waals surface area contributed by atoms with Crippen LogP contribution in [0.15, 0.2) is 18.2 Å². The standard InChI is InChI=1S/C21H21F3N4O4.CH2O/c1-19(30)11-32-14-4-3-12(5-6-20(31)7-8-27(2)10-20)9-13(14)28-17(19)15(21(22,23)24)16(26-28)18(25)29;1-2/h3-4,9,30-31H,7-8,10-11H2,1-2H3,(H2,25,29);1H2/t19?,20-;/m0./s1. The summed E-state index contributed by atoms with van der Waals surface area (Å²) in [5.41, 5.74) is -0.785. The molecule has 1 unspecified atom stereocenters. The van der Waals surface area contributed by atoms with Crippen LogP contribution in [0.2, 0.25) is 0 Å². The Morgan fingerprint density at radius 1 is 1.32 bits per heavy atom. The molecule has 34 heavy (non-hydrogen) atoms. The second-order valence-corrected chi connectivity index (χ2v) is 8.36. The first kappa shape index (κ1) is 25.2. The third kappa shape index (κ3) is 4.63. The van der Waals surface area contributed by atoms with E-state index in [-0.39, 0.29) is 11.4 Å². The molecule has 0 saturated carbocycles. The molecule has 1 amide bonds. The van der Waals surface area contributed by atoms with Crippen LogP contribution >= 0.6 is 0 Å². The number of alkyl halides is 3. The van der Waals surface area contributed by atoms with Gasteiger partial charge in [-0.15, -0.1) is 0 Å². The van der Waals surface area contributed by atoms with Gasteiger partial charge in [0.2, 0.25) is 0 Å². The number of amides is 1. The van der Waals surface area contributed by atoms with E-state index >= 15 is 0 Å². The van der Waals surface area contributed by atoms with Gasteiger partial charge in [0.15, 0.2) is 5.69 Å². The van der Waals surface area contributed by atoms with E-state index in [9.17, 15) is 28.2 Å². The number of carbonyl (C=O) groups excluding carboxylic acids is 2. The molecule has 2 aliphatic heterocycles. The van der Waals surface area contributed by atoms with Gasteiger partial charge in [-0.3, -0.25) is 4.79 Å². The summed E-state index contributed by atoms with van der Waals surface area (Å²) >= 11 is 0. The monoisotopic (exact) mass is 480 g/mol. The van der Waals surface area contributed by atoms with Crippen molar-refractivity contribution in [3.05, 3.63) is 40.7 Å². The number of nitrogens with zero attached hydrogens (tertiary/aromatic N) is 3. The number of rotatable bonds is 1. The average molecular weight is 480 g/mol. The first-order valence-electron chi connectivity index (χ1n) is 10.0. The zero-order valence-electron chi connectivity index (χ0n) is 18.4. The van der Waals surface area contributed by atoms with Gasteiger partial charge >= 0.3 is 6.18 Å². The van der Waals surface area contributed by atoms with E-state index in [2.05, 4.69) is 16.9 Å². The number of likely N-dealkylation sites (N-methyl/N-ethyl adjacent to an activating group) is 1. The van der Waals surface area contributed by atoms with Gasteiger partial charge < -0.3 is 30.4 Å². The number of hydrogen-bond acceptors (Lipinski definition) is 7. The van der Waals surface area contributed by atoms with E-state index in [4.69, 9.17) is 15.3 Å². The topological polar surface area (TPSA) is 131 Å². The summed E-state index contributed by atoms with van der Waals surface area (Å²) in [5.74, 6) is 4.43. The van der Waals surface area contributed by atoms with Crippen molar-refractivity contribution in [3.63, 3.8) is 0 Å². The number of fused-ring (bicyclic) bond motifs is 3. The number of nitrogens with two attached hydrogens (primary N) is 1. The highest BCUT2D eigenvalue weighted by Gasteiger charge is 2.48. The largest absolute Gasteiger partial charge is 0.488 e. The van der Waals surface area contributed by atoms with Gasteiger partial charge in [-0.05, 0) is 32.2 Å². The number of hydrogen-bond donors (Lipinski definition) is 3. The molecule has 12 heteroatoms. The summed E-state index contributed by atoms with van der Waals surface area (Å²) in [5, 5.41) is 25.1. The van der Waals surface area contributed by atoms with Crippen molar-refractivity contribution in [1.29, 1.82) is 0 Å². The summed E-state index contributed by atoms with van der Waals surface area (Å²) in [7, 11) is 1.86. The summed E-state index contributed by atoms with van der Waals surface area (Å²) < 4.78 is 48.0. The highest BCUT2D eigenvalue weighted by atomic mass is 19.4. The van der Waals surface area contributed by atoms with Crippen LogP contribution in [-0.2, 0) is 16.6 Å². The molecule has 1 saturated heterocycles. The van der Waals surface area contributed by atoms with Gasteiger partial charge in [0.25, 0.3) is 5.91 Å². The number of benzene rings is 1. The molecule has 182 valence electrons. The minimum Gasteiger partial charge on any atom is -0.488 e. The summed E-state index contributed by atoms with van der Waals surface area (Å²) in [4.78, 5) is 21.7. The molecule has 4 rings (SSSR count). The second-order valence-electron chi connectivity index (χ2n) is 8.36. The van der Waals surface area contributed by atoms with E-state index in [0.29, 0.717) is 25.1 Å². The number of aromatic nitrogens is 2. The molecule has 2 aliphatic rings. The van der Waals surface area contributed by atoms with E-state index in [0.717, 1.165) is 11.6 Å². The molecular formula is C22H23F3N4O5. The molecule has 2 atom stereocenters. The zero-order chi connectivity index (χ0) is 25.5. The van der Waals surface area contributed by atoms with E-state index in [1.807, 2.05) is 18.7 Å². The Morgan fingerprint density at radius 3 is 2.56 bits per heavy atom. The highest BCUT2D eigenvalue weighted by molar-refractivity contribution is 5.93. The smallest absolute Gasteiger partial charge is 0.420 e. The number of likely N-dealkylation sites (tertiary alicyclic amines) is 1. The Bertz CT molecular complexity index is 1180. The lowest BCUT2D eigenvalue weighted by atomic mass is 9.97. The number of ether oxygens (including phenoxy) is 1. The normalized spacial score (nSPS) is 23.9. The molecule has 0 spiro atoms. The van der Waals surface area contributed by atoms with Crippen LogP contribution < -0.4 is 10.5 Å². The van der Waals surface area contributed by atoms with Crippen molar-refractivity contribution in [2.75, 3.05) is 26.7 Å². The maximum Gasteiger partial charge on any atom is 0.420 e. The van der Waals surface area contributed by atoms with E-state index in [1.54, 1.807) is 6.07 Å². The Kier molecular flexibility index (Phi) is 6.49. The van der Waals surface area contributed by atoms with Gasteiger partial charge in [-0.25, -0.2) is 4.68 Å². The van der Waals surface area contributed by atoms with Crippen molar-refractivity contribution >= 4 is 12.7 Å². The van der Waals surface area contributed by atoms with Crippen molar-refractivity contribution < 1.29 is 37.7 Å². The molecule has 3 heterocycles. The van der Waals surface area contributed by atoms with E-state index in [1.165, 1.54) is 12.1 Å². The fourth-order valence-electron chi connectivity index (χ4n) is 3.97. The Hall–Kier alpha value is -3.40. The lowest BCUT2D eigenvalue weighted by molar-refractivity contribution is -0.141. The second kappa shape index (κ2) is 8.75. The zero-order valence-corrected chi connectivity index (χ0v) is 18.4. The molecule has 1 fully saturated rings. The van der Waals surface area contributed by atoms with Crippen molar-refractivity contribution in [2.45, 2.75) is 30.7 Å². The minimum atomic E-state index is -5.00. The maximum absolute atomic E-state index is 13.9. The van der Waals surface area contributed by atoms with Gasteiger partial charge in [0.05, 0.1) is 5.69 Å². The van der Waals surface area contributed by atoms with Crippen molar-refractivity contribution in [1.82, 2.24) is 14.7 Å². The number of carbonyl (C=O) groups is 2. The molecule has 0 bridgehead atoms. The molecule has 9 nitrogen and oxygen atoms in total. The lowest BCUT2D eigenvalue weighted by Crippen LogP contribution is -2.33. The molecule has 1 aromatic carbocycles. The predicted molar refractivity (Wildman–Crippen MR) is 113 cm³/mol. The first-order valence-corrected chi connectivity index (χ1v) is 10.0. The van der Waals surface area contributed by atoms with Crippen LogP contribution in [0.25, 0.3) is 5.69 Å². The van der Waals surface area contributed by atoms with Crippen LogP contribution in [0, 0.1) is 11.8 Å². The number of halogens is 3. The quantitative estimate of drug-likeness (QED) is 0.515. The SMILES string of the molecule is C=O.CN1CC[C@@](O)(C#Cc2ccc3c(c2)-n2nc(C(N)=O)c(C(F)(F)F)c2C(C)(O)CO3)C1. The van der Waals surface area contributed by atoms with Gasteiger partial charge in [0, 0.05) is 25.1 Å². The van der Waals surface area contributed by atoms with Crippen molar-refractivity contribution in [3.8, 4) is 23.3 Å². The third-order valence-corrected chi connectivity index (χ3v) is 5.49. The number of aliphatic hydroxyl groups is 2. The van der Waals surface area contributed by atoms with Crippen LogP contribution in [-0.4, -0.2) is 69.9 Å². The highest BCUT2D eigenvalue weighted by Crippen LogP contribution is 2.43. The molecule has 0 radical (unpaired) electrons. The Labute approximate surface area is 192 Å². The van der Waals surface area contributed by atoms with Crippen LogP contribution in [0.4, 0.5) is 13.2 Å². The number of primary amides is 1. The molecule has 2 aromatic rings. The Balaban J connectivity index is 0.00000158. The average Bonchev–Trinajstić information content (AvgIpc) is 3.31. The first-order chi connectivity index (χ1) is 15.8. The summed E-state index contributed by atoms with van der Waals surface area (Å²) in [6.07, 6.45) is -4.53. The summed E-state index contributed by atoms with van der Waals surface area (Å²) in [6.45, 7) is 3.69. The number of β-amino-alcohol motifs (C(OH)–C–C–N with tert-alkyl or cyclic N) is 1. The fourth-order valence-corrected chi connectivity index (χ4v) is 3.97. The van der Waals surface area contributed by atoms with Crippen LogP contribution in [0.1, 0.15) is 40.7 Å². The predicted octanol–water partition coefficient (Wildman–Crippen LogP) is 0.823. The molecule has 1 aromatic heterocycles. The maximum atomic E-state index is 13.9. The fraction of sp³-hybridized carbons (Fsp3) is 0.409. The molecule has 4 N–H and O–H groups in total. The van der Waals surface area contributed by atoms with Crippen molar-refractivity contribution in [2.24, 2.45) is 5.73 Å². The van der Waals surface area contributed by atoms with Gasteiger partial charge in [-0.1, -0.05) is 11.8 Å². The van der Waals surface area contributed by atoms with Gasteiger partial charge in [0.1, 0.15) is 41.6 Å². The van der Waals surface area contributed by atoms with Crippen LogP contribution in [0.5, 0.6) is 5.75 Å². The van der Waals surface area contributed by atoms with Crippen LogP contribution in [0.3, 0.4) is 0 Å². The summed E-state index contributed by atoms with van der Waals surface area (Å²) in [6, 6.07) is 4.48. The third-order valence-electron chi connectivity index (χ3n) is 5.49. The Morgan fingerprint density at radius 2 is 2.00 bits per heavy atom. The van der Waals surface area contributed by atoms with E-state index < -0.39 is 46.8 Å². The minimum absolute atomic E-state index is 0.0538. The molecule has 0 aliphatic carbocycles. The molecular weight excluding hydrogens is 457 g/mol.